The molecule has 0 atom stereocenters. The molecule has 0 aromatic heterocycles. The molecule has 94 valence electrons. The summed E-state index contributed by atoms with van der Waals surface area (Å²) in [6.07, 6.45) is 0. The van der Waals surface area contributed by atoms with Crippen molar-refractivity contribution in [1.82, 2.24) is 0 Å². The number of anilines is 1. The third kappa shape index (κ3) is 3.29. The fourth-order valence-electron chi connectivity index (χ4n) is 1.49. The second kappa shape index (κ2) is 5.95. The van der Waals surface area contributed by atoms with Crippen LogP contribution >= 0.6 is 22.6 Å². The van der Waals surface area contributed by atoms with Crippen LogP contribution in [0.4, 0.5) is 5.69 Å². The molecule has 0 amide bonds. The molecule has 0 aliphatic carbocycles. The Kier molecular flexibility index (Phi) is 4.30. The zero-order valence-electron chi connectivity index (χ0n) is 10.0. The van der Waals surface area contributed by atoms with Crippen molar-refractivity contribution in [2.24, 2.45) is 0 Å². The van der Waals surface area contributed by atoms with Crippen molar-refractivity contribution >= 4 is 28.3 Å². The summed E-state index contributed by atoms with van der Waals surface area (Å²) < 4.78 is 11.8. The van der Waals surface area contributed by atoms with Crippen molar-refractivity contribution in [2.45, 2.75) is 6.61 Å². The number of nitrogens with two attached hydrogens (primary N) is 1. The van der Waals surface area contributed by atoms with Crippen LogP contribution in [-0.2, 0) is 6.61 Å². The zero-order chi connectivity index (χ0) is 13.0. The van der Waals surface area contributed by atoms with Gasteiger partial charge < -0.3 is 15.2 Å². The fraction of sp³-hybridized carbons (Fsp3) is 0.143. The molecule has 2 aromatic carbocycles. The molecule has 0 spiro atoms. The highest BCUT2D eigenvalue weighted by Crippen LogP contribution is 2.22. The van der Waals surface area contributed by atoms with Gasteiger partial charge in [-0.25, -0.2) is 0 Å². The van der Waals surface area contributed by atoms with Gasteiger partial charge in [-0.15, -0.1) is 0 Å². The van der Waals surface area contributed by atoms with E-state index in [2.05, 4.69) is 22.6 Å². The van der Waals surface area contributed by atoms with Gasteiger partial charge in [0.05, 0.1) is 7.11 Å². The van der Waals surface area contributed by atoms with E-state index in [1.54, 1.807) is 7.11 Å². The van der Waals surface area contributed by atoms with Crippen LogP contribution in [0.15, 0.2) is 42.5 Å². The molecule has 2 aromatic rings. The van der Waals surface area contributed by atoms with Gasteiger partial charge in [0, 0.05) is 9.26 Å². The lowest BCUT2D eigenvalue weighted by Gasteiger charge is -2.08. The Hall–Kier alpha value is -1.43. The molecule has 0 aliphatic rings. The van der Waals surface area contributed by atoms with Gasteiger partial charge in [-0.05, 0) is 58.5 Å². The monoisotopic (exact) mass is 355 g/mol. The molecule has 0 unspecified atom stereocenters. The predicted molar refractivity (Wildman–Crippen MR) is 80.9 cm³/mol. The Morgan fingerprint density at radius 3 is 2.33 bits per heavy atom. The molecule has 0 radical (unpaired) electrons. The van der Waals surface area contributed by atoms with E-state index in [0.717, 1.165) is 26.3 Å². The fourth-order valence-corrected chi connectivity index (χ4v) is 1.97. The van der Waals surface area contributed by atoms with Crippen molar-refractivity contribution in [3.63, 3.8) is 0 Å². The summed E-state index contributed by atoms with van der Waals surface area (Å²) in [5.74, 6) is 1.67. The number of nitrogen functional groups attached to an aromatic ring is 1. The van der Waals surface area contributed by atoms with E-state index >= 15 is 0 Å². The Bertz CT molecular complexity index is 526. The summed E-state index contributed by atoms with van der Waals surface area (Å²) in [6.45, 7) is 0.532. The maximum atomic E-state index is 5.75. The molecule has 0 saturated carbocycles. The largest absolute Gasteiger partial charge is 0.497 e. The summed E-state index contributed by atoms with van der Waals surface area (Å²) in [4.78, 5) is 0. The van der Waals surface area contributed by atoms with Crippen LogP contribution in [0.2, 0.25) is 0 Å². The van der Waals surface area contributed by atoms with E-state index in [1.807, 2.05) is 42.5 Å². The summed E-state index contributed by atoms with van der Waals surface area (Å²) in [5, 5.41) is 0. The minimum atomic E-state index is 0.532. The number of halogens is 1. The molecule has 4 heteroatoms. The SMILES string of the molecule is COc1ccc(COc2ccc(N)c(I)c2)cc1. The molecule has 2 rings (SSSR count). The molecule has 0 fully saturated rings. The number of hydrogen-bond acceptors (Lipinski definition) is 3. The predicted octanol–water partition coefficient (Wildman–Crippen LogP) is 3.46. The van der Waals surface area contributed by atoms with E-state index in [0.29, 0.717) is 6.61 Å². The molecule has 0 saturated heterocycles. The molecule has 18 heavy (non-hydrogen) atoms. The van der Waals surface area contributed by atoms with E-state index < -0.39 is 0 Å². The lowest BCUT2D eigenvalue weighted by atomic mass is 10.2. The highest BCUT2D eigenvalue weighted by atomic mass is 127. The minimum Gasteiger partial charge on any atom is -0.497 e. The second-order valence-corrected chi connectivity index (χ2v) is 4.98. The van der Waals surface area contributed by atoms with E-state index in [-0.39, 0.29) is 0 Å². The van der Waals surface area contributed by atoms with Crippen molar-refractivity contribution in [3.05, 3.63) is 51.6 Å². The average molecular weight is 355 g/mol. The highest BCUT2D eigenvalue weighted by molar-refractivity contribution is 14.1. The van der Waals surface area contributed by atoms with Gasteiger partial charge in [-0.3, -0.25) is 0 Å². The van der Waals surface area contributed by atoms with Gasteiger partial charge in [0.15, 0.2) is 0 Å². The summed E-state index contributed by atoms with van der Waals surface area (Å²) >= 11 is 2.19. The number of hydrogen-bond donors (Lipinski definition) is 1. The smallest absolute Gasteiger partial charge is 0.121 e. The third-order valence-corrected chi connectivity index (χ3v) is 3.47. The van der Waals surface area contributed by atoms with Crippen LogP contribution < -0.4 is 15.2 Å². The van der Waals surface area contributed by atoms with Crippen LogP contribution in [0.3, 0.4) is 0 Å². The maximum Gasteiger partial charge on any atom is 0.121 e. The van der Waals surface area contributed by atoms with Gasteiger partial charge >= 0.3 is 0 Å². The zero-order valence-corrected chi connectivity index (χ0v) is 12.2. The van der Waals surface area contributed by atoms with E-state index in [1.165, 1.54) is 0 Å². The summed E-state index contributed by atoms with van der Waals surface area (Å²) in [7, 11) is 1.65. The number of ether oxygens (including phenoxy) is 2. The van der Waals surface area contributed by atoms with Crippen LogP contribution in [0.1, 0.15) is 5.56 Å². The van der Waals surface area contributed by atoms with Crippen molar-refractivity contribution in [2.75, 3.05) is 12.8 Å². The maximum absolute atomic E-state index is 5.75. The lowest BCUT2D eigenvalue weighted by molar-refractivity contribution is 0.306. The van der Waals surface area contributed by atoms with Gasteiger partial charge in [0.1, 0.15) is 18.1 Å². The summed E-state index contributed by atoms with van der Waals surface area (Å²) in [6, 6.07) is 13.5. The Morgan fingerprint density at radius 1 is 1.06 bits per heavy atom. The standard InChI is InChI=1S/C14H14INO2/c1-17-11-4-2-10(3-5-11)9-18-12-6-7-14(16)13(15)8-12/h2-8H,9,16H2,1H3. The first-order chi connectivity index (χ1) is 8.69. The normalized spacial score (nSPS) is 10.1. The topological polar surface area (TPSA) is 44.5 Å². The second-order valence-electron chi connectivity index (χ2n) is 3.82. The van der Waals surface area contributed by atoms with Crippen LogP contribution in [0.5, 0.6) is 11.5 Å². The first-order valence-electron chi connectivity index (χ1n) is 5.50. The van der Waals surface area contributed by atoms with Gasteiger partial charge in [-0.2, -0.15) is 0 Å². The molecule has 0 bridgehead atoms. The highest BCUT2D eigenvalue weighted by Gasteiger charge is 2.00. The number of benzene rings is 2. The Labute approximate surface area is 120 Å². The van der Waals surface area contributed by atoms with Gasteiger partial charge in [0.25, 0.3) is 0 Å². The van der Waals surface area contributed by atoms with Crippen LogP contribution in [0, 0.1) is 3.57 Å². The van der Waals surface area contributed by atoms with Crippen molar-refractivity contribution in [3.8, 4) is 11.5 Å². The van der Waals surface area contributed by atoms with E-state index in [4.69, 9.17) is 15.2 Å². The quantitative estimate of drug-likeness (QED) is 0.675. The Morgan fingerprint density at radius 2 is 1.72 bits per heavy atom. The summed E-state index contributed by atoms with van der Waals surface area (Å²) in [5.41, 5.74) is 7.62. The molecule has 3 nitrogen and oxygen atoms in total. The average Bonchev–Trinajstić information content (AvgIpc) is 2.41. The molecular weight excluding hydrogens is 341 g/mol. The first-order valence-corrected chi connectivity index (χ1v) is 6.57. The number of methoxy groups -OCH3 is 1. The molecular formula is C14H14INO2. The molecule has 0 heterocycles. The number of rotatable bonds is 4. The lowest BCUT2D eigenvalue weighted by Crippen LogP contribution is -1.97. The van der Waals surface area contributed by atoms with Crippen LogP contribution in [-0.4, -0.2) is 7.11 Å². The molecule has 2 N–H and O–H groups in total. The van der Waals surface area contributed by atoms with E-state index in [9.17, 15) is 0 Å². The third-order valence-electron chi connectivity index (χ3n) is 2.54. The first kappa shape index (κ1) is 13.0. The minimum absolute atomic E-state index is 0.532. The van der Waals surface area contributed by atoms with Crippen molar-refractivity contribution < 1.29 is 9.47 Å². The molecule has 0 aliphatic heterocycles. The van der Waals surface area contributed by atoms with Crippen LogP contribution in [0.25, 0.3) is 0 Å². The van der Waals surface area contributed by atoms with Gasteiger partial charge in [0.2, 0.25) is 0 Å². The van der Waals surface area contributed by atoms with Gasteiger partial charge in [-0.1, -0.05) is 12.1 Å². The van der Waals surface area contributed by atoms with Crippen molar-refractivity contribution in [1.29, 1.82) is 0 Å². The Balaban J connectivity index is 1.99.